The van der Waals surface area contributed by atoms with Crippen molar-refractivity contribution in [2.24, 2.45) is 0 Å². The molecule has 23 heavy (non-hydrogen) atoms. The zero-order valence-corrected chi connectivity index (χ0v) is 15.2. The molecule has 2 heterocycles. The van der Waals surface area contributed by atoms with E-state index in [1.165, 1.54) is 29.8 Å². The number of carbonyl (C=O) groups is 1. The summed E-state index contributed by atoms with van der Waals surface area (Å²) in [6, 6.07) is 0. The quantitative estimate of drug-likeness (QED) is 0.844. The third-order valence-corrected chi connectivity index (χ3v) is 5.61. The predicted molar refractivity (Wildman–Crippen MR) is 91.7 cm³/mol. The number of likely N-dealkylation sites (N-methyl/N-ethyl adjacent to an activating group) is 1. The van der Waals surface area contributed by atoms with Crippen LogP contribution < -0.4 is 0 Å². The number of amides is 1. The van der Waals surface area contributed by atoms with Crippen molar-refractivity contribution in [2.75, 3.05) is 26.7 Å². The molecule has 3 rings (SSSR count). The van der Waals surface area contributed by atoms with Crippen molar-refractivity contribution in [3.05, 3.63) is 15.6 Å². The Balaban J connectivity index is 1.53. The van der Waals surface area contributed by atoms with Crippen molar-refractivity contribution >= 4 is 17.2 Å². The van der Waals surface area contributed by atoms with Gasteiger partial charge in [-0.25, -0.2) is 4.98 Å². The van der Waals surface area contributed by atoms with E-state index in [1.807, 2.05) is 37.1 Å². The molecule has 0 N–H and O–H groups in total. The zero-order chi connectivity index (χ0) is 16.4. The van der Waals surface area contributed by atoms with Crippen molar-refractivity contribution in [2.45, 2.75) is 58.3 Å². The minimum Gasteiger partial charge on any atom is -0.372 e. The van der Waals surface area contributed by atoms with Crippen molar-refractivity contribution in [1.29, 1.82) is 0 Å². The van der Waals surface area contributed by atoms with E-state index in [1.54, 1.807) is 0 Å². The number of carbonyl (C=O) groups excluding carboxylic acids is 1. The van der Waals surface area contributed by atoms with Gasteiger partial charge in [0.2, 0.25) is 5.91 Å². The van der Waals surface area contributed by atoms with Crippen LogP contribution >= 0.6 is 11.3 Å². The second-order valence-electron chi connectivity index (χ2n) is 6.91. The highest BCUT2D eigenvalue weighted by Crippen LogP contribution is 2.27. The molecule has 5 nitrogen and oxygen atoms in total. The number of rotatable bonds is 4. The van der Waals surface area contributed by atoms with Crippen LogP contribution in [-0.2, 0) is 28.9 Å². The molecule has 0 spiro atoms. The van der Waals surface area contributed by atoms with Gasteiger partial charge in [0.1, 0.15) is 5.01 Å². The number of hydrogen-bond acceptors (Lipinski definition) is 5. The van der Waals surface area contributed by atoms with Gasteiger partial charge >= 0.3 is 0 Å². The Labute approximate surface area is 142 Å². The van der Waals surface area contributed by atoms with Crippen LogP contribution in [0.2, 0.25) is 0 Å². The first kappa shape index (κ1) is 16.9. The maximum atomic E-state index is 12.5. The lowest BCUT2D eigenvalue weighted by Crippen LogP contribution is -2.50. The molecule has 1 amide bonds. The topological polar surface area (TPSA) is 45.7 Å². The van der Waals surface area contributed by atoms with Gasteiger partial charge in [-0.2, -0.15) is 0 Å². The standard InChI is InChI=1S/C17H27N3O2S/c1-12-8-20(9-13(2)22-12)17(21)11-19(3)10-16-18-14-6-4-5-7-15(14)23-16/h12-13H,4-11H2,1-3H3/t12-,13-/m0/s1. The average Bonchev–Trinajstić information content (AvgIpc) is 2.87. The van der Waals surface area contributed by atoms with E-state index in [9.17, 15) is 4.79 Å². The van der Waals surface area contributed by atoms with Gasteiger partial charge in [0.15, 0.2) is 0 Å². The van der Waals surface area contributed by atoms with Gasteiger partial charge in [-0.1, -0.05) is 0 Å². The highest BCUT2D eigenvalue weighted by molar-refractivity contribution is 7.11. The molecular formula is C17H27N3O2S. The van der Waals surface area contributed by atoms with Gasteiger partial charge in [0.05, 0.1) is 31.0 Å². The molecule has 1 aromatic heterocycles. The Morgan fingerprint density at radius 1 is 1.30 bits per heavy atom. The monoisotopic (exact) mass is 337 g/mol. The summed E-state index contributed by atoms with van der Waals surface area (Å²) in [6.07, 6.45) is 5.10. The Hall–Kier alpha value is -0.980. The summed E-state index contributed by atoms with van der Waals surface area (Å²) in [5, 5.41) is 1.15. The first-order valence-corrected chi connectivity index (χ1v) is 9.42. The zero-order valence-electron chi connectivity index (χ0n) is 14.4. The van der Waals surface area contributed by atoms with E-state index >= 15 is 0 Å². The second-order valence-corrected chi connectivity index (χ2v) is 8.08. The van der Waals surface area contributed by atoms with Crippen molar-refractivity contribution < 1.29 is 9.53 Å². The number of morpholine rings is 1. The van der Waals surface area contributed by atoms with Crippen LogP contribution in [0.3, 0.4) is 0 Å². The third kappa shape index (κ3) is 4.31. The van der Waals surface area contributed by atoms with Gasteiger partial charge in [-0.3, -0.25) is 9.69 Å². The van der Waals surface area contributed by atoms with Crippen LogP contribution in [0, 0.1) is 0 Å². The van der Waals surface area contributed by atoms with Crippen LogP contribution in [0.15, 0.2) is 0 Å². The fraction of sp³-hybridized carbons (Fsp3) is 0.765. The number of ether oxygens (including phenoxy) is 1. The SMILES string of the molecule is C[C@H]1CN(C(=O)CN(C)Cc2nc3c(s2)CCCC3)C[C@H](C)O1. The first-order chi connectivity index (χ1) is 11.0. The molecule has 0 aromatic carbocycles. The smallest absolute Gasteiger partial charge is 0.236 e. The van der Waals surface area contributed by atoms with Crippen molar-refractivity contribution in [3.8, 4) is 0 Å². The normalized spacial score (nSPS) is 24.8. The molecule has 1 saturated heterocycles. The highest BCUT2D eigenvalue weighted by Gasteiger charge is 2.26. The van der Waals surface area contributed by atoms with E-state index in [4.69, 9.17) is 9.72 Å². The lowest BCUT2D eigenvalue weighted by atomic mass is 10.0. The summed E-state index contributed by atoms with van der Waals surface area (Å²) in [5.41, 5.74) is 1.30. The highest BCUT2D eigenvalue weighted by atomic mass is 32.1. The molecule has 0 unspecified atom stereocenters. The number of thiazole rings is 1. The lowest BCUT2D eigenvalue weighted by Gasteiger charge is -2.36. The van der Waals surface area contributed by atoms with Gasteiger partial charge < -0.3 is 9.64 Å². The molecule has 2 aliphatic rings. The van der Waals surface area contributed by atoms with Gasteiger partial charge in [0, 0.05) is 18.0 Å². The van der Waals surface area contributed by atoms with Crippen LogP contribution in [0.25, 0.3) is 0 Å². The number of aryl methyl sites for hydroxylation is 2. The predicted octanol–water partition coefficient (Wildman–Crippen LogP) is 2.09. The Morgan fingerprint density at radius 2 is 2.00 bits per heavy atom. The molecule has 0 saturated carbocycles. The summed E-state index contributed by atoms with van der Waals surface area (Å²) in [7, 11) is 2.01. The molecule has 2 atom stereocenters. The maximum absolute atomic E-state index is 12.5. The van der Waals surface area contributed by atoms with Gasteiger partial charge in [0.25, 0.3) is 0 Å². The molecule has 1 aliphatic heterocycles. The van der Waals surface area contributed by atoms with Crippen LogP contribution in [-0.4, -0.2) is 59.6 Å². The van der Waals surface area contributed by atoms with Crippen molar-refractivity contribution in [1.82, 2.24) is 14.8 Å². The summed E-state index contributed by atoms with van der Waals surface area (Å²) in [6.45, 7) is 6.66. The average molecular weight is 337 g/mol. The van der Waals surface area contributed by atoms with Crippen molar-refractivity contribution in [3.63, 3.8) is 0 Å². The van der Waals surface area contributed by atoms with Crippen LogP contribution in [0.1, 0.15) is 42.3 Å². The number of aromatic nitrogens is 1. The Morgan fingerprint density at radius 3 is 2.70 bits per heavy atom. The summed E-state index contributed by atoms with van der Waals surface area (Å²) in [5.74, 6) is 0.191. The maximum Gasteiger partial charge on any atom is 0.236 e. The molecule has 1 aliphatic carbocycles. The van der Waals surface area contributed by atoms with E-state index in [-0.39, 0.29) is 18.1 Å². The van der Waals surface area contributed by atoms with E-state index in [0.29, 0.717) is 19.6 Å². The van der Waals surface area contributed by atoms with E-state index < -0.39 is 0 Å². The fourth-order valence-corrected chi connectivity index (χ4v) is 4.71. The first-order valence-electron chi connectivity index (χ1n) is 8.60. The minimum atomic E-state index is 0.124. The molecule has 1 fully saturated rings. The summed E-state index contributed by atoms with van der Waals surface area (Å²) < 4.78 is 5.70. The summed E-state index contributed by atoms with van der Waals surface area (Å²) >= 11 is 1.83. The number of hydrogen-bond donors (Lipinski definition) is 0. The molecule has 0 radical (unpaired) electrons. The molecule has 1 aromatic rings. The molecular weight excluding hydrogens is 310 g/mol. The van der Waals surface area contributed by atoms with Gasteiger partial charge in [-0.15, -0.1) is 11.3 Å². The summed E-state index contributed by atoms with van der Waals surface area (Å²) in [4.78, 5) is 22.7. The van der Waals surface area contributed by atoms with E-state index in [0.717, 1.165) is 18.0 Å². The lowest BCUT2D eigenvalue weighted by molar-refractivity contribution is -0.144. The molecule has 0 bridgehead atoms. The number of fused-ring (bicyclic) bond motifs is 1. The Bertz CT molecular complexity index is 527. The van der Waals surface area contributed by atoms with Crippen LogP contribution in [0.5, 0.6) is 0 Å². The van der Waals surface area contributed by atoms with E-state index in [2.05, 4.69) is 4.90 Å². The molecule has 6 heteroatoms. The number of nitrogens with zero attached hydrogens (tertiary/aromatic N) is 3. The largest absolute Gasteiger partial charge is 0.372 e. The fourth-order valence-electron chi connectivity index (χ4n) is 3.47. The van der Waals surface area contributed by atoms with Gasteiger partial charge in [-0.05, 0) is 46.6 Å². The van der Waals surface area contributed by atoms with Crippen LogP contribution in [0.4, 0.5) is 0 Å². The third-order valence-electron chi connectivity index (χ3n) is 4.47. The second kappa shape index (κ2) is 7.28. The minimum absolute atomic E-state index is 0.124. The Kier molecular flexibility index (Phi) is 5.34. The molecule has 128 valence electrons.